The van der Waals surface area contributed by atoms with Gasteiger partial charge in [0, 0.05) is 68.7 Å². The Morgan fingerprint density at radius 2 is 1.55 bits per heavy atom. The number of piperazine rings is 1. The molecule has 0 bridgehead atoms. The first-order valence-corrected chi connectivity index (χ1v) is 15.1. The van der Waals surface area contributed by atoms with Crippen molar-refractivity contribution < 1.29 is 27.7 Å². The van der Waals surface area contributed by atoms with Gasteiger partial charge in [-0.25, -0.2) is 9.97 Å². The standard InChI is InChI=1S/C30H36Cl2F2N6O4/c1-38-10-12-39(13-11-38)20-6-8-40(9-7-20)23-5-4-19(14-24(23)44-29(33)34)37-30-35-16-21(17-36-30)43-18-22-27(31)25(41-2)15-26(42-3)28(22)32/h4-5,14-17,20,29H,6-13,18H2,1-3H3,(H,35,36,37). The Kier molecular flexibility index (Phi) is 10.7. The van der Waals surface area contributed by atoms with E-state index in [1.165, 1.54) is 26.6 Å². The van der Waals surface area contributed by atoms with Crippen LogP contribution in [0.2, 0.25) is 10.0 Å². The van der Waals surface area contributed by atoms with Gasteiger partial charge in [-0.3, -0.25) is 4.90 Å². The number of nitrogens with one attached hydrogen (secondary N) is 1. The first-order chi connectivity index (χ1) is 21.2. The molecule has 2 aliphatic rings. The van der Waals surface area contributed by atoms with Gasteiger partial charge in [0.2, 0.25) is 5.95 Å². The third-order valence-corrected chi connectivity index (χ3v) is 8.80. The minimum Gasteiger partial charge on any atom is -0.495 e. The molecule has 10 nitrogen and oxygen atoms in total. The van der Waals surface area contributed by atoms with Gasteiger partial charge in [0.25, 0.3) is 0 Å². The molecule has 2 fully saturated rings. The summed E-state index contributed by atoms with van der Waals surface area (Å²) < 4.78 is 48.1. The molecule has 1 N–H and O–H groups in total. The highest BCUT2D eigenvalue weighted by atomic mass is 35.5. The lowest BCUT2D eigenvalue weighted by Crippen LogP contribution is -2.52. The minimum atomic E-state index is -2.95. The van der Waals surface area contributed by atoms with Crippen LogP contribution in [0.4, 0.5) is 26.1 Å². The Morgan fingerprint density at radius 1 is 0.909 bits per heavy atom. The van der Waals surface area contributed by atoms with E-state index in [1.807, 2.05) is 0 Å². The summed E-state index contributed by atoms with van der Waals surface area (Å²) >= 11 is 12.8. The highest BCUT2D eigenvalue weighted by Gasteiger charge is 2.28. The maximum absolute atomic E-state index is 13.4. The van der Waals surface area contributed by atoms with Gasteiger partial charge < -0.3 is 34.1 Å². The SMILES string of the molecule is COc1cc(OC)c(Cl)c(COc2cnc(Nc3ccc(N4CCC(N5CCN(C)CC5)CC4)c(OC(F)F)c3)nc2)c1Cl. The third-order valence-electron chi connectivity index (χ3n) is 7.97. The van der Waals surface area contributed by atoms with E-state index in [-0.39, 0.29) is 18.3 Å². The molecule has 2 aromatic carbocycles. The van der Waals surface area contributed by atoms with Crippen LogP contribution < -0.4 is 29.2 Å². The van der Waals surface area contributed by atoms with Gasteiger partial charge in [-0.1, -0.05) is 23.2 Å². The smallest absolute Gasteiger partial charge is 0.387 e. The highest BCUT2D eigenvalue weighted by Crippen LogP contribution is 2.41. The first kappa shape index (κ1) is 32.1. The summed E-state index contributed by atoms with van der Waals surface area (Å²) in [6, 6.07) is 7.25. The van der Waals surface area contributed by atoms with Crippen LogP contribution in [0.15, 0.2) is 36.7 Å². The molecule has 0 atom stereocenters. The zero-order chi connectivity index (χ0) is 31.2. The van der Waals surface area contributed by atoms with Crippen molar-refractivity contribution in [3.05, 3.63) is 52.3 Å². The van der Waals surface area contributed by atoms with Crippen LogP contribution in [0.25, 0.3) is 0 Å². The van der Waals surface area contributed by atoms with Gasteiger partial charge >= 0.3 is 6.61 Å². The molecule has 14 heteroatoms. The normalized spacial score (nSPS) is 16.7. The maximum Gasteiger partial charge on any atom is 0.387 e. The summed E-state index contributed by atoms with van der Waals surface area (Å²) in [5, 5.41) is 3.66. The number of halogens is 4. The van der Waals surface area contributed by atoms with Gasteiger partial charge in [-0.05, 0) is 32.0 Å². The summed E-state index contributed by atoms with van der Waals surface area (Å²) in [7, 11) is 5.13. The lowest BCUT2D eigenvalue weighted by atomic mass is 10.0. The molecule has 0 aliphatic carbocycles. The topological polar surface area (TPSA) is 84.5 Å². The highest BCUT2D eigenvalue weighted by molar-refractivity contribution is 6.37. The predicted octanol–water partition coefficient (Wildman–Crippen LogP) is 5.94. The van der Waals surface area contributed by atoms with Crippen molar-refractivity contribution >= 4 is 40.5 Å². The van der Waals surface area contributed by atoms with Gasteiger partial charge in [0.1, 0.15) is 18.1 Å². The number of alkyl halides is 2. The Labute approximate surface area is 265 Å². The molecule has 0 spiro atoms. The average molecular weight is 654 g/mol. The number of piperidine rings is 1. The van der Waals surface area contributed by atoms with Crippen molar-refractivity contribution in [1.29, 1.82) is 0 Å². The number of likely N-dealkylation sites (N-methyl/N-ethyl adjacent to an activating group) is 1. The summed E-state index contributed by atoms with van der Waals surface area (Å²) in [6.07, 6.45) is 4.90. The number of benzene rings is 2. The second kappa shape index (κ2) is 14.6. The summed E-state index contributed by atoms with van der Waals surface area (Å²) in [4.78, 5) is 15.6. The summed E-state index contributed by atoms with van der Waals surface area (Å²) in [5.74, 6) is 1.52. The minimum absolute atomic E-state index is 0.0176. The fourth-order valence-electron chi connectivity index (χ4n) is 5.51. The van der Waals surface area contributed by atoms with Gasteiger partial charge in [-0.15, -0.1) is 0 Å². The molecular formula is C30H36Cl2F2N6O4. The Morgan fingerprint density at radius 3 is 2.14 bits per heavy atom. The van der Waals surface area contributed by atoms with E-state index in [4.69, 9.17) is 42.1 Å². The molecule has 1 aromatic heterocycles. The number of ether oxygens (including phenoxy) is 4. The quantitative estimate of drug-likeness (QED) is 0.269. The number of nitrogens with zero attached hydrogens (tertiary/aromatic N) is 5. The molecular weight excluding hydrogens is 617 g/mol. The fourth-order valence-corrected chi connectivity index (χ4v) is 6.12. The van der Waals surface area contributed by atoms with Crippen LogP contribution in [0.1, 0.15) is 18.4 Å². The second-order valence-corrected chi connectivity index (χ2v) is 11.4. The summed E-state index contributed by atoms with van der Waals surface area (Å²) in [6.45, 7) is 2.88. The van der Waals surface area contributed by atoms with Gasteiger partial charge in [0.15, 0.2) is 11.5 Å². The van der Waals surface area contributed by atoms with E-state index < -0.39 is 6.61 Å². The molecule has 3 aromatic rings. The predicted molar refractivity (Wildman–Crippen MR) is 167 cm³/mol. The molecule has 0 unspecified atom stereocenters. The van der Waals surface area contributed by atoms with Gasteiger partial charge in [0.05, 0.1) is 42.3 Å². The second-order valence-electron chi connectivity index (χ2n) is 10.7. The van der Waals surface area contributed by atoms with Crippen molar-refractivity contribution in [1.82, 2.24) is 19.8 Å². The van der Waals surface area contributed by atoms with E-state index in [9.17, 15) is 8.78 Å². The van der Waals surface area contributed by atoms with E-state index in [0.717, 1.165) is 52.1 Å². The molecule has 3 heterocycles. The average Bonchev–Trinajstić information content (AvgIpc) is 3.02. The molecule has 2 saturated heterocycles. The molecule has 238 valence electrons. The van der Waals surface area contributed by atoms with Crippen molar-refractivity contribution in [2.24, 2.45) is 0 Å². The number of rotatable bonds is 11. The first-order valence-electron chi connectivity index (χ1n) is 14.3. The third kappa shape index (κ3) is 7.66. The van der Waals surface area contributed by atoms with Crippen molar-refractivity contribution in [3.8, 4) is 23.0 Å². The number of hydrogen-bond donors (Lipinski definition) is 1. The maximum atomic E-state index is 13.4. The monoisotopic (exact) mass is 652 g/mol. The number of anilines is 3. The van der Waals surface area contributed by atoms with E-state index in [1.54, 1.807) is 24.3 Å². The Balaban J connectivity index is 1.22. The zero-order valence-corrected chi connectivity index (χ0v) is 26.4. The van der Waals surface area contributed by atoms with E-state index in [0.29, 0.717) is 50.3 Å². The Bertz CT molecular complexity index is 1380. The molecule has 5 rings (SSSR count). The van der Waals surface area contributed by atoms with Crippen LogP contribution in [0.3, 0.4) is 0 Å². The molecule has 0 saturated carbocycles. The van der Waals surface area contributed by atoms with Crippen LogP contribution in [0, 0.1) is 0 Å². The number of hydrogen-bond acceptors (Lipinski definition) is 10. The largest absolute Gasteiger partial charge is 0.495 e. The van der Waals surface area contributed by atoms with Crippen molar-refractivity contribution in [2.45, 2.75) is 32.1 Å². The number of methoxy groups -OCH3 is 2. The van der Waals surface area contributed by atoms with Crippen molar-refractivity contribution in [2.75, 3.05) is 70.8 Å². The summed E-state index contributed by atoms with van der Waals surface area (Å²) in [5.41, 5.74) is 1.64. The molecule has 0 radical (unpaired) electrons. The fraction of sp³-hybridized carbons (Fsp3) is 0.467. The van der Waals surface area contributed by atoms with E-state index in [2.05, 4.69) is 37.0 Å². The lowest BCUT2D eigenvalue weighted by Gasteiger charge is -2.42. The van der Waals surface area contributed by atoms with Crippen LogP contribution in [-0.2, 0) is 6.61 Å². The van der Waals surface area contributed by atoms with Crippen LogP contribution in [-0.4, -0.2) is 93.0 Å². The molecule has 2 aliphatic heterocycles. The zero-order valence-electron chi connectivity index (χ0n) is 24.9. The van der Waals surface area contributed by atoms with Crippen LogP contribution >= 0.6 is 23.2 Å². The number of aromatic nitrogens is 2. The van der Waals surface area contributed by atoms with Gasteiger partial charge in [-0.2, -0.15) is 8.78 Å². The van der Waals surface area contributed by atoms with Crippen LogP contribution in [0.5, 0.6) is 23.0 Å². The van der Waals surface area contributed by atoms with E-state index >= 15 is 0 Å². The lowest BCUT2D eigenvalue weighted by molar-refractivity contribution is -0.0495. The molecule has 0 amide bonds. The van der Waals surface area contributed by atoms with Crippen molar-refractivity contribution in [3.63, 3.8) is 0 Å². The Hall–Kier alpha value is -3.32. The molecule has 44 heavy (non-hydrogen) atoms.